The average Bonchev–Trinajstić information content (AvgIpc) is 3.31. The largest absolute Gasteiger partial charge is 0.493 e. The van der Waals surface area contributed by atoms with Crippen LogP contribution in [0.25, 0.3) is 6.08 Å². The molecule has 0 saturated carbocycles. The van der Waals surface area contributed by atoms with Gasteiger partial charge in [-0.25, -0.2) is 0 Å². The molecule has 2 aliphatic heterocycles. The first kappa shape index (κ1) is 20.0. The molecule has 2 aromatic carbocycles. The molecule has 0 spiro atoms. The van der Waals surface area contributed by atoms with E-state index in [1.165, 1.54) is 6.08 Å². The topological polar surface area (TPSA) is 67.9 Å². The number of anilines is 2. The SMILES string of the molecule is CCOc1cc2c(cc1/C=C/C(=O)Nc1ccc(N3CCCC3=O)cc1)O[C@H](C)C2. The number of benzene rings is 2. The smallest absolute Gasteiger partial charge is 0.248 e. The van der Waals surface area contributed by atoms with E-state index in [1.807, 2.05) is 50.2 Å². The third-order valence-corrected chi connectivity index (χ3v) is 5.26. The minimum absolute atomic E-state index is 0.146. The molecule has 6 nitrogen and oxygen atoms in total. The molecular weight excluding hydrogens is 380 g/mol. The highest BCUT2D eigenvalue weighted by Crippen LogP contribution is 2.35. The Hall–Kier alpha value is -3.28. The van der Waals surface area contributed by atoms with Crippen molar-refractivity contribution < 1.29 is 19.1 Å². The molecule has 4 rings (SSSR count). The lowest BCUT2D eigenvalue weighted by atomic mass is 10.1. The second-order valence-electron chi connectivity index (χ2n) is 7.58. The summed E-state index contributed by atoms with van der Waals surface area (Å²) in [6.07, 6.45) is 5.72. The van der Waals surface area contributed by atoms with Crippen LogP contribution in [0.15, 0.2) is 42.5 Å². The van der Waals surface area contributed by atoms with Gasteiger partial charge in [-0.05, 0) is 62.7 Å². The van der Waals surface area contributed by atoms with Crippen molar-refractivity contribution in [3.63, 3.8) is 0 Å². The molecule has 0 aromatic heterocycles. The zero-order chi connectivity index (χ0) is 21.1. The summed E-state index contributed by atoms with van der Waals surface area (Å²) in [6, 6.07) is 11.3. The molecule has 1 atom stereocenters. The van der Waals surface area contributed by atoms with Gasteiger partial charge < -0.3 is 19.7 Å². The molecule has 1 N–H and O–H groups in total. The summed E-state index contributed by atoms with van der Waals surface area (Å²) in [7, 11) is 0. The average molecular weight is 406 g/mol. The van der Waals surface area contributed by atoms with E-state index in [2.05, 4.69) is 5.32 Å². The number of ether oxygens (including phenoxy) is 2. The predicted octanol–water partition coefficient (Wildman–Crippen LogP) is 4.19. The van der Waals surface area contributed by atoms with Crippen LogP contribution < -0.4 is 19.7 Å². The van der Waals surface area contributed by atoms with Crippen LogP contribution in [0.2, 0.25) is 0 Å². The van der Waals surface area contributed by atoms with E-state index in [-0.39, 0.29) is 17.9 Å². The van der Waals surface area contributed by atoms with Crippen LogP contribution in [0.1, 0.15) is 37.8 Å². The molecule has 0 unspecified atom stereocenters. The number of hydrogen-bond acceptors (Lipinski definition) is 4. The summed E-state index contributed by atoms with van der Waals surface area (Å²) in [5.74, 6) is 1.50. The fraction of sp³-hybridized carbons (Fsp3) is 0.333. The molecule has 156 valence electrons. The van der Waals surface area contributed by atoms with E-state index in [0.717, 1.165) is 47.7 Å². The number of amides is 2. The van der Waals surface area contributed by atoms with Crippen molar-refractivity contribution in [1.29, 1.82) is 0 Å². The summed E-state index contributed by atoms with van der Waals surface area (Å²) in [6.45, 7) is 5.27. The molecule has 2 heterocycles. The second kappa shape index (κ2) is 8.61. The van der Waals surface area contributed by atoms with E-state index in [9.17, 15) is 9.59 Å². The Morgan fingerprint density at radius 3 is 2.80 bits per heavy atom. The summed E-state index contributed by atoms with van der Waals surface area (Å²) in [4.78, 5) is 26.0. The van der Waals surface area contributed by atoms with Crippen LogP contribution in [0.4, 0.5) is 11.4 Å². The number of nitrogens with zero attached hydrogens (tertiary/aromatic N) is 1. The van der Waals surface area contributed by atoms with Gasteiger partial charge in [-0.3, -0.25) is 9.59 Å². The van der Waals surface area contributed by atoms with Gasteiger partial charge in [-0.2, -0.15) is 0 Å². The number of fused-ring (bicyclic) bond motifs is 1. The zero-order valence-corrected chi connectivity index (χ0v) is 17.3. The van der Waals surface area contributed by atoms with Crippen molar-refractivity contribution in [3.05, 3.63) is 53.6 Å². The Kier molecular flexibility index (Phi) is 5.74. The molecule has 0 bridgehead atoms. The Bertz CT molecular complexity index is 981. The van der Waals surface area contributed by atoms with Gasteiger partial charge in [-0.15, -0.1) is 0 Å². The van der Waals surface area contributed by atoms with Crippen LogP contribution in [0.5, 0.6) is 11.5 Å². The first-order valence-corrected chi connectivity index (χ1v) is 10.4. The fourth-order valence-electron chi connectivity index (χ4n) is 3.86. The van der Waals surface area contributed by atoms with Crippen LogP contribution >= 0.6 is 0 Å². The normalized spacial score (nSPS) is 17.9. The monoisotopic (exact) mass is 406 g/mol. The van der Waals surface area contributed by atoms with Crippen molar-refractivity contribution >= 4 is 29.3 Å². The minimum atomic E-state index is -0.239. The number of nitrogens with one attached hydrogen (secondary N) is 1. The van der Waals surface area contributed by atoms with Crippen LogP contribution in [0, 0.1) is 0 Å². The molecule has 0 radical (unpaired) electrons. The molecule has 2 aromatic rings. The summed E-state index contributed by atoms with van der Waals surface area (Å²) >= 11 is 0. The quantitative estimate of drug-likeness (QED) is 0.731. The summed E-state index contributed by atoms with van der Waals surface area (Å²) in [5, 5.41) is 2.85. The molecular formula is C24H26N2O4. The molecule has 6 heteroatoms. The zero-order valence-electron chi connectivity index (χ0n) is 17.3. The fourth-order valence-corrected chi connectivity index (χ4v) is 3.86. The molecule has 2 aliphatic rings. The van der Waals surface area contributed by atoms with E-state index in [0.29, 0.717) is 18.7 Å². The number of rotatable bonds is 6. The highest BCUT2D eigenvalue weighted by atomic mass is 16.5. The van der Waals surface area contributed by atoms with Gasteiger partial charge in [0.15, 0.2) is 0 Å². The summed E-state index contributed by atoms with van der Waals surface area (Å²) < 4.78 is 11.6. The Morgan fingerprint density at radius 1 is 1.30 bits per heavy atom. The first-order chi connectivity index (χ1) is 14.5. The standard InChI is InChI=1S/C24H26N2O4/c1-3-29-21-15-18-13-16(2)30-22(18)14-17(21)6-11-23(27)25-19-7-9-20(10-8-19)26-12-4-5-24(26)28/h6-11,14-16H,3-5,12-13H2,1-2H3,(H,25,27)/b11-6+/t16-/m1/s1. The maximum atomic E-state index is 12.4. The lowest BCUT2D eigenvalue weighted by Gasteiger charge is -2.15. The lowest BCUT2D eigenvalue weighted by Crippen LogP contribution is -2.23. The lowest BCUT2D eigenvalue weighted by molar-refractivity contribution is -0.117. The first-order valence-electron chi connectivity index (χ1n) is 10.4. The highest BCUT2D eigenvalue weighted by molar-refractivity contribution is 6.02. The highest BCUT2D eigenvalue weighted by Gasteiger charge is 2.22. The maximum Gasteiger partial charge on any atom is 0.248 e. The van der Waals surface area contributed by atoms with Crippen LogP contribution in [-0.2, 0) is 16.0 Å². The number of hydrogen-bond donors (Lipinski definition) is 1. The van der Waals surface area contributed by atoms with Crippen molar-refractivity contribution in [2.45, 2.75) is 39.2 Å². The van der Waals surface area contributed by atoms with Crippen molar-refractivity contribution in [2.75, 3.05) is 23.4 Å². The Morgan fingerprint density at radius 2 is 2.10 bits per heavy atom. The van der Waals surface area contributed by atoms with Gasteiger partial charge in [-0.1, -0.05) is 0 Å². The van der Waals surface area contributed by atoms with Gasteiger partial charge in [0.1, 0.15) is 17.6 Å². The van der Waals surface area contributed by atoms with E-state index in [1.54, 1.807) is 11.0 Å². The van der Waals surface area contributed by atoms with Gasteiger partial charge in [0.05, 0.1) is 6.61 Å². The van der Waals surface area contributed by atoms with Crippen molar-refractivity contribution in [2.24, 2.45) is 0 Å². The molecule has 0 aliphatic carbocycles. The van der Waals surface area contributed by atoms with Crippen molar-refractivity contribution in [3.8, 4) is 11.5 Å². The van der Waals surface area contributed by atoms with Crippen LogP contribution in [0.3, 0.4) is 0 Å². The third kappa shape index (κ3) is 4.32. The van der Waals surface area contributed by atoms with Gasteiger partial charge in [0.2, 0.25) is 11.8 Å². The molecule has 1 saturated heterocycles. The minimum Gasteiger partial charge on any atom is -0.493 e. The van der Waals surface area contributed by atoms with E-state index >= 15 is 0 Å². The predicted molar refractivity (Wildman–Crippen MR) is 117 cm³/mol. The van der Waals surface area contributed by atoms with E-state index < -0.39 is 0 Å². The van der Waals surface area contributed by atoms with Gasteiger partial charge in [0, 0.05) is 48.0 Å². The second-order valence-corrected chi connectivity index (χ2v) is 7.58. The third-order valence-electron chi connectivity index (χ3n) is 5.26. The van der Waals surface area contributed by atoms with Gasteiger partial charge >= 0.3 is 0 Å². The Labute approximate surface area is 176 Å². The Balaban J connectivity index is 1.44. The molecule has 2 amide bonds. The van der Waals surface area contributed by atoms with Gasteiger partial charge in [0.25, 0.3) is 0 Å². The number of carbonyl (C=O) groups excluding carboxylic acids is 2. The molecule has 30 heavy (non-hydrogen) atoms. The van der Waals surface area contributed by atoms with Crippen LogP contribution in [-0.4, -0.2) is 31.1 Å². The van der Waals surface area contributed by atoms with Crippen molar-refractivity contribution in [1.82, 2.24) is 0 Å². The molecule has 1 fully saturated rings. The summed E-state index contributed by atoms with van der Waals surface area (Å²) in [5.41, 5.74) is 3.47. The maximum absolute atomic E-state index is 12.4. The van der Waals surface area contributed by atoms with E-state index in [4.69, 9.17) is 9.47 Å². The number of carbonyl (C=O) groups is 2.